The second-order valence-electron chi connectivity index (χ2n) is 9.70. The SMILES string of the molecule is CN(Cc1ccc(-c2ccc3n[nH]c(I)c3c2)c(F)c1)C1CCN(C(=O)OC(C)(C)C)CC1. The number of amides is 1. The molecule has 1 fully saturated rings. The van der Waals surface area contributed by atoms with Crippen LogP contribution in [0.3, 0.4) is 0 Å². The second-order valence-corrected chi connectivity index (χ2v) is 10.8. The van der Waals surface area contributed by atoms with E-state index in [1.165, 1.54) is 0 Å². The van der Waals surface area contributed by atoms with Crippen LogP contribution in [0.4, 0.5) is 9.18 Å². The number of ether oxygens (including phenoxy) is 1. The van der Waals surface area contributed by atoms with Crippen molar-refractivity contribution in [2.75, 3.05) is 20.1 Å². The molecule has 0 saturated carbocycles. The number of piperidine rings is 1. The van der Waals surface area contributed by atoms with E-state index in [4.69, 9.17) is 4.74 Å². The van der Waals surface area contributed by atoms with E-state index in [0.29, 0.717) is 31.2 Å². The molecule has 1 saturated heterocycles. The predicted octanol–water partition coefficient (Wildman–Crippen LogP) is 5.80. The summed E-state index contributed by atoms with van der Waals surface area (Å²) in [6.07, 6.45) is 1.50. The number of likely N-dealkylation sites (tertiary alicyclic amines) is 1. The zero-order valence-electron chi connectivity index (χ0n) is 19.5. The number of H-pyrrole nitrogens is 1. The zero-order chi connectivity index (χ0) is 23.8. The smallest absolute Gasteiger partial charge is 0.410 e. The zero-order valence-corrected chi connectivity index (χ0v) is 21.6. The summed E-state index contributed by atoms with van der Waals surface area (Å²) in [4.78, 5) is 16.3. The van der Waals surface area contributed by atoms with Crippen molar-refractivity contribution < 1.29 is 13.9 Å². The molecular weight excluding hydrogens is 534 g/mol. The van der Waals surface area contributed by atoms with Gasteiger partial charge in [-0.1, -0.05) is 18.2 Å². The Kier molecular flexibility index (Phi) is 6.95. The molecule has 1 N–H and O–H groups in total. The molecule has 6 nitrogen and oxygen atoms in total. The summed E-state index contributed by atoms with van der Waals surface area (Å²) in [6.45, 7) is 7.65. The highest BCUT2D eigenvalue weighted by Crippen LogP contribution is 2.29. The number of hydrogen-bond acceptors (Lipinski definition) is 4. The fourth-order valence-electron chi connectivity index (χ4n) is 4.27. The molecule has 4 rings (SSSR count). The average molecular weight is 564 g/mol. The van der Waals surface area contributed by atoms with Gasteiger partial charge in [-0.25, -0.2) is 9.18 Å². The van der Waals surface area contributed by atoms with E-state index < -0.39 is 5.60 Å². The van der Waals surface area contributed by atoms with Crippen LogP contribution in [0, 0.1) is 9.52 Å². The molecule has 0 aliphatic carbocycles. The number of nitrogens with one attached hydrogen (secondary N) is 1. The van der Waals surface area contributed by atoms with Gasteiger partial charge in [0.25, 0.3) is 0 Å². The van der Waals surface area contributed by atoms with Gasteiger partial charge in [0.05, 0.1) is 5.52 Å². The van der Waals surface area contributed by atoms with E-state index >= 15 is 4.39 Å². The normalized spacial score (nSPS) is 15.4. The summed E-state index contributed by atoms with van der Waals surface area (Å²) in [6, 6.07) is 11.6. The summed E-state index contributed by atoms with van der Waals surface area (Å²) in [5.74, 6) is -0.224. The molecule has 1 aliphatic rings. The van der Waals surface area contributed by atoms with Crippen LogP contribution < -0.4 is 0 Å². The Bertz CT molecular complexity index is 1150. The first-order valence-corrected chi connectivity index (χ1v) is 12.3. The average Bonchev–Trinajstić information content (AvgIpc) is 3.13. The van der Waals surface area contributed by atoms with Crippen LogP contribution >= 0.6 is 22.6 Å². The van der Waals surface area contributed by atoms with Crippen molar-refractivity contribution in [3.63, 3.8) is 0 Å². The number of rotatable bonds is 4. The van der Waals surface area contributed by atoms with Crippen molar-refractivity contribution in [1.29, 1.82) is 0 Å². The highest BCUT2D eigenvalue weighted by atomic mass is 127. The lowest BCUT2D eigenvalue weighted by atomic mass is 10.0. The van der Waals surface area contributed by atoms with E-state index in [0.717, 1.165) is 38.6 Å². The number of benzene rings is 2. The summed E-state index contributed by atoms with van der Waals surface area (Å²) >= 11 is 2.20. The maximum absolute atomic E-state index is 15.0. The fourth-order valence-corrected chi connectivity index (χ4v) is 4.82. The van der Waals surface area contributed by atoms with Gasteiger partial charge in [0.15, 0.2) is 0 Å². The Morgan fingerprint density at radius 2 is 1.97 bits per heavy atom. The van der Waals surface area contributed by atoms with Gasteiger partial charge in [0, 0.05) is 36.6 Å². The maximum Gasteiger partial charge on any atom is 0.410 e. The van der Waals surface area contributed by atoms with Crippen LogP contribution in [0.2, 0.25) is 0 Å². The highest BCUT2D eigenvalue weighted by molar-refractivity contribution is 14.1. The van der Waals surface area contributed by atoms with E-state index in [9.17, 15) is 4.79 Å². The van der Waals surface area contributed by atoms with Crippen molar-refractivity contribution in [2.24, 2.45) is 0 Å². The quantitative estimate of drug-likeness (QED) is 0.407. The first-order valence-electron chi connectivity index (χ1n) is 11.2. The first kappa shape index (κ1) is 23.9. The van der Waals surface area contributed by atoms with Crippen molar-refractivity contribution in [2.45, 2.75) is 51.8 Å². The number of aromatic amines is 1. The molecule has 0 unspecified atom stereocenters. The van der Waals surface area contributed by atoms with Gasteiger partial charge in [0.2, 0.25) is 0 Å². The Hall–Kier alpha value is -2.20. The number of hydrogen-bond donors (Lipinski definition) is 1. The number of nitrogens with zero attached hydrogens (tertiary/aromatic N) is 3. The molecule has 8 heteroatoms. The minimum absolute atomic E-state index is 0.224. The van der Waals surface area contributed by atoms with Crippen LogP contribution in [0.1, 0.15) is 39.2 Å². The van der Waals surface area contributed by atoms with Crippen LogP contribution in [0.15, 0.2) is 36.4 Å². The molecule has 0 radical (unpaired) electrons. The van der Waals surface area contributed by atoms with E-state index in [1.807, 2.05) is 51.1 Å². The van der Waals surface area contributed by atoms with Crippen molar-refractivity contribution in [1.82, 2.24) is 20.0 Å². The van der Waals surface area contributed by atoms with Crippen molar-refractivity contribution in [3.8, 4) is 11.1 Å². The Morgan fingerprint density at radius 3 is 2.64 bits per heavy atom. The molecular formula is C25H30FIN4O2. The molecule has 0 spiro atoms. The summed E-state index contributed by atoms with van der Waals surface area (Å²) in [7, 11) is 2.06. The predicted molar refractivity (Wildman–Crippen MR) is 137 cm³/mol. The monoisotopic (exact) mass is 564 g/mol. The van der Waals surface area contributed by atoms with E-state index in [-0.39, 0.29) is 11.9 Å². The van der Waals surface area contributed by atoms with Crippen LogP contribution in [-0.4, -0.2) is 57.9 Å². The third kappa shape index (κ3) is 5.66. The minimum Gasteiger partial charge on any atom is -0.444 e. The summed E-state index contributed by atoms with van der Waals surface area (Å²) in [5.41, 5.74) is 2.76. The Morgan fingerprint density at radius 1 is 1.24 bits per heavy atom. The lowest BCUT2D eigenvalue weighted by Crippen LogP contribution is -2.46. The molecule has 0 atom stereocenters. The summed E-state index contributed by atoms with van der Waals surface area (Å²) < 4.78 is 21.5. The highest BCUT2D eigenvalue weighted by Gasteiger charge is 2.28. The van der Waals surface area contributed by atoms with E-state index in [1.54, 1.807) is 11.0 Å². The number of fused-ring (bicyclic) bond motifs is 1. The third-order valence-electron chi connectivity index (χ3n) is 6.02. The van der Waals surface area contributed by atoms with Gasteiger partial charge < -0.3 is 9.64 Å². The molecule has 1 amide bonds. The maximum atomic E-state index is 15.0. The molecule has 1 aromatic heterocycles. The summed E-state index contributed by atoms with van der Waals surface area (Å²) in [5, 5.41) is 8.19. The largest absolute Gasteiger partial charge is 0.444 e. The number of halogens is 2. The number of aromatic nitrogens is 2. The lowest BCUT2D eigenvalue weighted by molar-refractivity contribution is 0.0153. The molecule has 2 heterocycles. The van der Waals surface area contributed by atoms with Crippen molar-refractivity contribution in [3.05, 3.63) is 51.5 Å². The number of carbonyl (C=O) groups is 1. The van der Waals surface area contributed by atoms with Crippen LogP contribution in [0.25, 0.3) is 22.0 Å². The molecule has 1 aliphatic heterocycles. The third-order valence-corrected chi connectivity index (χ3v) is 6.85. The Balaban J connectivity index is 1.38. The van der Waals surface area contributed by atoms with Crippen LogP contribution in [0.5, 0.6) is 0 Å². The minimum atomic E-state index is -0.482. The van der Waals surface area contributed by atoms with Gasteiger partial charge in [0.1, 0.15) is 15.1 Å². The molecule has 176 valence electrons. The standard InChI is InChI=1S/C25H30FIN4O2/c1-25(2,3)33-24(32)31-11-9-18(10-12-31)30(4)15-16-5-7-19(21(26)13-16)17-6-8-22-20(14-17)23(27)29-28-22/h5-8,13-14,18H,9-12,15H2,1-4H3,(H,28,29). The Labute approximate surface area is 207 Å². The molecule has 33 heavy (non-hydrogen) atoms. The fraction of sp³-hybridized carbons (Fsp3) is 0.440. The van der Waals surface area contributed by atoms with Gasteiger partial charge in [-0.15, -0.1) is 0 Å². The van der Waals surface area contributed by atoms with Crippen molar-refractivity contribution >= 4 is 39.6 Å². The van der Waals surface area contributed by atoms with Gasteiger partial charge >= 0.3 is 6.09 Å². The van der Waals surface area contributed by atoms with Gasteiger partial charge in [-0.2, -0.15) is 5.10 Å². The van der Waals surface area contributed by atoms with Gasteiger partial charge in [-0.3, -0.25) is 10.00 Å². The van der Waals surface area contributed by atoms with Crippen LogP contribution in [-0.2, 0) is 11.3 Å². The molecule has 2 aromatic carbocycles. The topological polar surface area (TPSA) is 61.5 Å². The van der Waals surface area contributed by atoms with Gasteiger partial charge in [-0.05, 0) is 92.6 Å². The number of carbonyl (C=O) groups excluding carboxylic acids is 1. The molecule has 3 aromatic rings. The second kappa shape index (κ2) is 9.58. The molecule has 0 bridgehead atoms. The van der Waals surface area contributed by atoms with E-state index in [2.05, 4.69) is 44.7 Å². The first-order chi connectivity index (χ1) is 15.6. The lowest BCUT2D eigenvalue weighted by Gasteiger charge is -2.37.